The third kappa shape index (κ3) is 5.68. The average Bonchev–Trinajstić information content (AvgIpc) is 3.14. The topological polar surface area (TPSA) is 66.8 Å². The number of ether oxygens (including phenoxy) is 1. The van der Waals surface area contributed by atoms with Crippen LogP contribution in [0.4, 0.5) is 13.2 Å². The van der Waals surface area contributed by atoms with Gasteiger partial charge in [-0.25, -0.2) is 13.6 Å². The van der Waals surface area contributed by atoms with Gasteiger partial charge in [0.15, 0.2) is 6.23 Å². The number of likely N-dealkylation sites (tertiary alicyclic amines) is 1. The van der Waals surface area contributed by atoms with Crippen LogP contribution in [0, 0.1) is 17.6 Å². The molecule has 8 heteroatoms. The van der Waals surface area contributed by atoms with Crippen molar-refractivity contribution in [1.82, 2.24) is 4.90 Å². The summed E-state index contributed by atoms with van der Waals surface area (Å²) in [4.78, 5) is 24.6. The monoisotopic (exact) mass is 549 g/mol. The Morgan fingerprint density at radius 2 is 1.82 bits per heavy atom. The molecule has 0 spiro atoms. The van der Waals surface area contributed by atoms with E-state index in [1.54, 1.807) is 18.2 Å². The second kappa shape index (κ2) is 12.1. The number of hydrogen-bond donors (Lipinski definition) is 1. The molecule has 40 heavy (non-hydrogen) atoms. The highest BCUT2D eigenvalue weighted by Gasteiger charge is 2.40. The number of carbonyl (C=O) groups is 2. The Morgan fingerprint density at radius 3 is 2.55 bits per heavy atom. The zero-order chi connectivity index (χ0) is 28.2. The lowest BCUT2D eigenvalue weighted by atomic mass is 9.85. The number of aromatic carboxylic acids is 1. The fourth-order valence-corrected chi connectivity index (χ4v) is 5.92. The number of benzene rings is 3. The van der Waals surface area contributed by atoms with Gasteiger partial charge < -0.3 is 9.84 Å². The molecule has 1 aliphatic heterocycles. The van der Waals surface area contributed by atoms with E-state index in [9.17, 15) is 23.5 Å². The van der Waals surface area contributed by atoms with Crippen LogP contribution < -0.4 is 0 Å². The van der Waals surface area contributed by atoms with Gasteiger partial charge >= 0.3 is 5.97 Å². The molecule has 5 rings (SSSR count). The zero-order valence-corrected chi connectivity index (χ0v) is 21.9. The molecule has 0 amide bonds. The largest absolute Gasteiger partial charge is 0.478 e. The van der Waals surface area contributed by atoms with E-state index < -0.39 is 24.3 Å². The van der Waals surface area contributed by atoms with Crippen molar-refractivity contribution in [3.63, 3.8) is 0 Å². The molecular weight excluding hydrogens is 519 g/mol. The summed E-state index contributed by atoms with van der Waals surface area (Å²) >= 11 is 0. The number of aryl methyl sites for hydroxylation is 1. The molecule has 3 aromatic carbocycles. The first-order valence-corrected chi connectivity index (χ1v) is 13.4. The molecule has 208 valence electrons. The lowest BCUT2D eigenvalue weighted by molar-refractivity contribution is -0.175. The van der Waals surface area contributed by atoms with Crippen LogP contribution in [0.3, 0.4) is 0 Å². The number of halogens is 3. The van der Waals surface area contributed by atoms with E-state index in [0.29, 0.717) is 57.2 Å². The summed E-state index contributed by atoms with van der Waals surface area (Å²) in [6.45, 7) is 1.24. The van der Waals surface area contributed by atoms with Crippen molar-refractivity contribution in [3.05, 3.63) is 106 Å². The second-order valence-corrected chi connectivity index (χ2v) is 10.3. The van der Waals surface area contributed by atoms with Gasteiger partial charge in [0, 0.05) is 24.6 Å². The minimum Gasteiger partial charge on any atom is -0.478 e. The van der Waals surface area contributed by atoms with Crippen LogP contribution in [-0.4, -0.2) is 48.4 Å². The number of nitrogens with zero attached hydrogens (tertiary/aromatic N) is 1. The molecule has 0 bridgehead atoms. The van der Waals surface area contributed by atoms with E-state index in [0.717, 1.165) is 40.0 Å². The smallest absolute Gasteiger partial charge is 0.335 e. The minimum absolute atomic E-state index is 0.0832. The van der Waals surface area contributed by atoms with Gasteiger partial charge in [-0.15, -0.1) is 0 Å². The van der Waals surface area contributed by atoms with Gasteiger partial charge in [-0.2, -0.15) is 0 Å². The number of carboxylic acid groups (broad SMARTS) is 1. The molecular formula is C32H30F3NO4. The van der Waals surface area contributed by atoms with E-state index in [1.807, 2.05) is 29.2 Å². The summed E-state index contributed by atoms with van der Waals surface area (Å²) in [7, 11) is 0. The molecule has 5 nitrogen and oxygen atoms in total. The Bertz CT molecular complexity index is 1440. The summed E-state index contributed by atoms with van der Waals surface area (Å²) in [5.41, 5.74) is 5.29. The van der Waals surface area contributed by atoms with Crippen molar-refractivity contribution in [2.24, 2.45) is 5.92 Å². The number of carboxylic acids is 1. The quantitative estimate of drug-likeness (QED) is 0.301. The molecule has 0 saturated carbocycles. The molecule has 2 atom stereocenters. The molecule has 1 saturated heterocycles. The molecule has 1 heterocycles. The highest BCUT2D eigenvalue weighted by Crippen LogP contribution is 2.41. The predicted octanol–water partition coefficient (Wildman–Crippen LogP) is 6.29. The maximum atomic E-state index is 15.0. The molecule has 0 aromatic heterocycles. The van der Waals surface area contributed by atoms with E-state index in [4.69, 9.17) is 4.74 Å². The van der Waals surface area contributed by atoms with Crippen LogP contribution in [0.2, 0.25) is 0 Å². The first kappa shape index (κ1) is 27.6. The SMILES string of the molecule is O=COC1C(Cc2ccc(C3=C(c4cc(F)ccc4F)CCCc4cc(C(=O)O)ccc43)cc2)CN1CCCF. The van der Waals surface area contributed by atoms with Crippen molar-refractivity contribution >= 4 is 23.6 Å². The predicted molar refractivity (Wildman–Crippen MR) is 145 cm³/mol. The van der Waals surface area contributed by atoms with Crippen LogP contribution in [0.5, 0.6) is 0 Å². The Labute approximate surface area is 230 Å². The minimum atomic E-state index is -1.02. The van der Waals surface area contributed by atoms with Gasteiger partial charge in [0.05, 0.1) is 12.2 Å². The van der Waals surface area contributed by atoms with Gasteiger partial charge in [0.2, 0.25) is 0 Å². The van der Waals surface area contributed by atoms with E-state index in [-0.39, 0.29) is 23.3 Å². The fraction of sp³-hybridized carbons (Fsp3) is 0.312. The number of fused-ring (bicyclic) bond motifs is 1. The Morgan fingerprint density at radius 1 is 1.02 bits per heavy atom. The van der Waals surface area contributed by atoms with Crippen molar-refractivity contribution < 1.29 is 32.6 Å². The Kier molecular flexibility index (Phi) is 8.35. The van der Waals surface area contributed by atoms with Gasteiger partial charge in [0.1, 0.15) is 11.6 Å². The Hall–Kier alpha value is -3.91. The molecule has 1 N–H and O–H groups in total. The third-order valence-electron chi connectivity index (χ3n) is 7.80. The highest BCUT2D eigenvalue weighted by atomic mass is 19.1. The number of allylic oxidation sites excluding steroid dienone is 1. The van der Waals surface area contributed by atoms with Crippen molar-refractivity contribution in [2.45, 2.75) is 38.3 Å². The van der Waals surface area contributed by atoms with Crippen LogP contribution in [0.15, 0.2) is 60.7 Å². The number of rotatable bonds is 10. The van der Waals surface area contributed by atoms with Crippen LogP contribution in [0.25, 0.3) is 11.1 Å². The van der Waals surface area contributed by atoms with Gasteiger partial charge in [-0.1, -0.05) is 30.3 Å². The highest BCUT2D eigenvalue weighted by molar-refractivity contribution is 6.00. The fourth-order valence-electron chi connectivity index (χ4n) is 5.92. The number of hydrogen-bond acceptors (Lipinski definition) is 4. The molecule has 0 radical (unpaired) electrons. The second-order valence-electron chi connectivity index (χ2n) is 10.3. The van der Waals surface area contributed by atoms with Crippen molar-refractivity contribution in [3.8, 4) is 0 Å². The average molecular weight is 550 g/mol. The molecule has 1 fully saturated rings. The third-order valence-corrected chi connectivity index (χ3v) is 7.80. The first-order chi connectivity index (χ1) is 19.4. The maximum absolute atomic E-state index is 15.0. The van der Waals surface area contributed by atoms with E-state index >= 15 is 4.39 Å². The summed E-state index contributed by atoms with van der Waals surface area (Å²) < 4.78 is 47.2. The van der Waals surface area contributed by atoms with Crippen molar-refractivity contribution in [2.75, 3.05) is 19.8 Å². The maximum Gasteiger partial charge on any atom is 0.335 e. The molecule has 2 unspecified atom stereocenters. The van der Waals surface area contributed by atoms with Gasteiger partial charge in [-0.05, 0) is 95.8 Å². The van der Waals surface area contributed by atoms with Crippen molar-refractivity contribution in [1.29, 1.82) is 0 Å². The molecule has 2 aliphatic rings. The van der Waals surface area contributed by atoms with Crippen LogP contribution in [-0.2, 0) is 22.4 Å². The number of alkyl halides is 1. The molecule has 3 aromatic rings. The normalized spacial score (nSPS) is 19.0. The van der Waals surface area contributed by atoms with Crippen LogP contribution in [0.1, 0.15) is 57.4 Å². The molecule has 1 aliphatic carbocycles. The summed E-state index contributed by atoms with van der Waals surface area (Å²) in [5.74, 6) is -1.98. The zero-order valence-electron chi connectivity index (χ0n) is 21.9. The van der Waals surface area contributed by atoms with E-state index in [1.165, 1.54) is 6.07 Å². The summed E-state index contributed by atoms with van der Waals surface area (Å²) in [5, 5.41) is 9.52. The lowest BCUT2D eigenvalue weighted by Crippen LogP contribution is -2.58. The summed E-state index contributed by atoms with van der Waals surface area (Å²) in [6.07, 6.45) is 2.42. The Balaban J connectivity index is 1.51. The first-order valence-electron chi connectivity index (χ1n) is 13.4. The standard InChI is InChI=1S/C32H30F3NO4/c33-13-2-14-36-18-24(31(36)40-19-37)15-20-5-7-21(8-6-20)30-26-11-9-23(32(38)39)16-22(26)3-1-4-27(30)28-17-25(34)10-12-29(28)35/h5-12,16-17,19,24,31H,1-4,13-15,18H2,(H,38,39). The lowest BCUT2D eigenvalue weighted by Gasteiger charge is -2.46. The van der Waals surface area contributed by atoms with Crippen LogP contribution >= 0.6 is 0 Å². The van der Waals surface area contributed by atoms with Gasteiger partial charge in [-0.3, -0.25) is 14.1 Å². The number of carbonyl (C=O) groups excluding carboxylic acids is 1. The summed E-state index contributed by atoms with van der Waals surface area (Å²) in [6, 6.07) is 16.2. The van der Waals surface area contributed by atoms with E-state index in [2.05, 4.69) is 0 Å². The van der Waals surface area contributed by atoms with Gasteiger partial charge in [0.25, 0.3) is 6.47 Å².